The highest BCUT2D eigenvalue weighted by Gasteiger charge is 2.29. The van der Waals surface area contributed by atoms with Crippen LogP contribution in [0, 0.1) is 0 Å². The molecule has 1 aromatic heterocycles. The highest BCUT2D eigenvalue weighted by atomic mass is 32.2. The van der Waals surface area contributed by atoms with Crippen LogP contribution in [-0.4, -0.2) is 39.9 Å². The molecular formula is C15H22N2O2S. The second-order valence-electron chi connectivity index (χ2n) is 5.97. The molecule has 0 aliphatic carbocycles. The van der Waals surface area contributed by atoms with Crippen molar-refractivity contribution in [2.75, 3.05) is 13.1 Å². The van der Waals surface area contributed by atoms with Crippen LogP contribution in [0.25, 0.3) is 0 Å². The minimum Gasteiger partial charge on any atom is -0.444 e. The Morgan fingerprint density at radius 2 is 2.30 bits per heavy atom. The first-order valence-electron chi connectivity index (χ1n) is 6.93. The van der Waals surface area contributed by atoms with Crippen molar-refractivity contribution < 1.29 is 9.53 Å². The van der Waals surface area contributed by atoms with E-state index in [0.29, 0.717) is 5.25 Å². The lowest BCUT2D eigenvalue weighted by Gasteiger charge is -2.24. The van der Waals surface area contributed by atoms with Gasteiger partial charge in [0.1, 0.15) is 5.60 Å². The Labute approximate surface area is 124 Å². The van der Waals surface area contributed by atoms with Crippen molar-refractivity contribution in [1.29, 1.82) is 0 Å². The van der Waals surface area contributed by atoms with Gasteiger partial charge in [-0.15, -0.1) is 0 Å². The van der Waals surface area contributed by atoms with Gasteiger partial charge in [0.25, 0.3) is 0 Å². The maximum Gasteiger partial charge on any atom is 0.410 e. The highest BCUT2D eigenvalue weighted by molar-refractivity contribution is 7.99. The fourth-order valence-corrected chi connectivity index (χ4v) is 3.18. The number of likely N-dealkylation sites (tertiary alicyclic amines) is 1. The molecule has 0 aromatic carbocycles. The van der Waals surface area contributed by atoms with Crippen LogP contribution in [0.2, 0.25) is 0 Å². The normalized spacial score (nSPS) is 19.1. The predicted molar refractivity (Wildman–Crippen MR) is 81.7 cm³/mol. The van der Waals surface area contributed by atoms with Crippen LogP contribution < -0.4 is 0 Å². The topological polar surface area (TPSA) is 42.4 Å². The van der Waals surface area contributed by atoms with E-state index >= 15 is 0 Å². The number of hydrogen-bond donors (Lipinski definition) is 0. The number of pyridine rings is 1. The number of carbonyl (C=O) groups excluding carboxylic acids is 1. The Morgan fingerprint density at radius 3 is 2.95 bits per heavy atom. The smallest absolute Gasteiger partial charge is 0.410 e. The molecule has 1 aliphatic heterocycles. The second kappa shape index (κ2) is 6.48. The summed E-state index contributed by atoms with van der Waals surface area (Å²) in [5.74, 6) is 0.896. The lowest BCUT2D eigenvalue weighted by molar-refractivity contribution is 0.0295. The van der Waals surface area contributed by atoms with Crippen LogP contribution in [-0.2, 0) is 10.5 Å². The van der Waals surface area contributed by atoms with E-state index in [2.05, 4.69) is 4.98 Å². The third kappa shape index (κ3) is 4.71. The van der Waals surface area contributed by atoms with Gasteiger partial charge >= 0.3 is 6.09 Å². The predicted octanol–water partition coefficient (Wildman–Crippen LogP) is 3.32. The molecule has 20 heavy (non-hydrogen) atoms. The van der Waals surface area contributed by atoms with Crippen molar-refractivity contribution in [3.05, 3.63) is 30.1 Å². The van der Waals surface area contributed by atoms with E-state index in [4.69, 9.17) is 4.74 Å². The highest BCUT2D eigenvalue weighted by Crippen LogP contribution is 2.26. The number of rotatable bonds is 3. The van der Waals surface area contributed by atoms with Gasteiger partial charge < -0.3 is 9.64 Å². The van der Waals surface area contributed by atoms with Gasteiger partial charge in [-0.25, -0.2) is 4.79 Å². The maximum absolute atomic E-state index is 12.0. The Morgan fingerprint density at radius 1 is 1.50 bits per heavy atom. The molecule has 0 N–H and O–H groups in total. The van der Waals surface area contributed by atoms with Gasteiger partial charge in [0.2, 0.25) is 0 Å². The molecule has 1 fully saturated rings. The third-order valence-electron chi connectivity index (χ3n) is 2.99. The number of hydrogen-bond acceptors (Lipinski definition) is 4. The molecule has 0 spiro atoms. The van der Waals surface area contributed by atoms with Crippen molar-refractivity contribution >= 4 is 17.9 Å². The minimum atomic E-state index is -0.420. The quantitative estimate of drug-likeness (QED) is 0.857. The minimum absolute atomic E-state index is 0.196. The molecule has 5 heteroatoms. The van der Waals surface area contributed by atoms with Gasteiger partial charge in [0, 0.05) is 30.3 Å². The van der Waals surface area contributed by atoms with E-state index in [1.807, 2.05) is 56.9 Å². The van der Waals surface area contributed by atoms with Gasteiger partial charge in [-0.3, -0.25) is 4.98 Å². The van der Waals surface area contributed by atoms with Crippen LogP contribution in [0.15, 0.2) is 24.4 Å². The van der Waals surface area contributed by atoms with Crippen molar-refractivity contribution in [3.63, 3.8) is 0 Å². The van der Waals surface area contributed by atoms with Crippen molar-refractivity contribution in [1.82, 2.24) is 9.88 Å². The second-order valence-corrected chi connectivity index (χ2v) is 7.26. The lowest BCUT2D eigenvalue weighted by Crippen LogP contribution is -2.35. The average Bonchev–Trinajstić information content (AvgIpc) is 2.84. The average molecular weight is 294 g/mol. The molecule has 4 nitrogen and oxygen atoms in total. The number of ether oxygens (including phenoxy) is 1. The first-order chi connectivity index (χ1) is 9.44. The van der Waals surface area contributed by atoms with E-state index in [0.717, 1.165) is 31.0 Å². The summed E-state index contributed by atoms with van der Waals surface area (Å²) < 4.78 is 5.40. The number of thioether (sulfide) groups is 1. The molecule has 0 bridgehead atoms. The molecule has 110 valence electrons. The van der Waals surface area contributed by atoms with Crippen LogP contribution in [0.3, 0.4) is 0 Å². The summed E-state index contributed by atoms with van der Waals surface area (Å²) in [7, 11) is 0. The molecule has 0 saturated carbocycles. The molecule has 1 aromatic rings. The first kappa shape index (κ1) is 15.2. The zero-order valence-corrected chi connectivity index (χ0v) is 13.2. The molecule has 2 heterocycles. The van der Waals surface area contributed by atoms with Gasteiger partial charge in [0.15, 0.2) is 0 Å². The van der Waals surface area contributed by atoms with Gasteiger partial charge in [-0.1, -0.05) is 6.07 Å². The van der Waals surface area contributed by atoms with Crippen LogP contribution in [0.5, 0.6) is 0 Å². The standard InChI is InChI=1S/C15H22N2O2S/c1-15(2,3)19-14(18)17-9-7-13(10-17)20-11-12-6-4-5-8-16-12/h4-6,8,13H,7,9-11H2,1-3H3. The summed E-state index contributed by atoms with van der Waals surface area (Å²) in [4.78, 5) is 18.1. The van der Waals surface area contributed by atoms with Gasteiger partial charge in [-0.05, 0) is 39.3 Å². The Kier molecular flexibility index (Phi) is 4.91. The molecule has 1 unspecified atom stereocenters. The summed E-state index contributed by atoms with van der Waals surface area (Å²) >= 11 is 1.86. The van der Waals surface area contributed by atoms with Crippen molar-refractivity contribution in [3.8, 4) is 0 Å². The molecule has 0 radical (unpaired) electrons. The molecule has 1 saturated heterocycles. The van der Waals surface area contributed by atoms with Gasteiger partial charge in [-0.2, -0.15) is 11.8 Å². The third-order valence-corrected chi connectivity index (χ3v) is 4.31. The summed E-state index contributed by atoms with van der Waals surface area (Å²) in [6, 6.07) is 5.96. The van der Waals surface area contributed by atoms with Crippen molar-refractivity contribution in [2.24, 2.45) is 0 Å². The molecule has 1 amide bonds. The van der Waals surface area contributed by atoms with E-state index in [1.54, 1.807) is 4.90 Å². The number of aromatic nitrogens is 1. The van der Waals surface area contributed by atoms with Crippen molar-refractivity contribution in [2.45, 2.75) is 43.8 Å². The summed E-state index contributed by atoms with van der Waals surface area (Å²) in [6.45, 7) is 7.25. The van der Waals surface area contributed by atoms with E-state index in [-0.39, 0.29) is 6.09 Å². The summed E-state index contributed by atoms with van der Waals surface area (Å²) in [6.07, 6.45) is 2.65. The number of nitrogens with zero attached hydrogens (tertiary/aromatic N) is 2. The summed E-state index contributed by atoms with van der Waals surface area (Å²) in [5, 5.41) is 0.476. The SMILES string of the molecule is CC(C)(C)OC(=O)N1CCC(SCc2ccccn2)C1. The van der Waals surface area contributed by atoms with Crippen LogP contribution in [0.1, 0.15) is 32.9 Å². The summed E-state index contributed by atoms with van der Waals surface area (Å²) in [5.41, 5.74) is 0.671. The van der Waals surface area contributed by atoms with E-state index in [1.165, 1.54) is 0 Å². The van der Waals surface area contributed by atoms with Crippen LogP contribution in [0.4, 0.5) is 4.79 Å². The van der Waals surface area contributed by atoms with E-state index < -0.39 is 5.60 Å². The lowest BCUT2D eigenvalue weighted by atomic mass is 10.2. The first-order valence-corrected chi connectivity index (χ1v) is 7.98. The number of amides is 1. The Bertz CT molecular complexity index is 445. The van der Waals surface area contributed by atoms with Crippen LogP contribution >= 0.6 is 11.8 Å². The Hall–Kier alpha value is -1.23. The fourth-order valence-electron chi connectivity index (χ4n) is 2.04. The Balaban J connectivity index is 1.76. The largest absolute Gasteiger partial charge is 0.444 e. The monoisotopic (exact) mass is 294 g/mol. The zero-order valence-electron chi connectivity index (χ0n) is 12.3. The fraction of sp³-hybridized carbons (Fsp3) is 0.600. The molecule has 1 aliphatic rings. The molecule has 2 rings (SSSR count). The number of carbonyl (C=O) groups is 1. The van der Waals surface area contributed by atoms with E-state index in [9.17, 15) is 4.79 Å². The molecular weight excluding hydrogens is 272 g/mol. The zero-order chi connectivity index (χ0) is 14.6. The molecule has 1 atom stereocenters. The van der Waals surface area contributed by atoms with Gasteiger partial charge in [0.05, 0.1) is 5.69 Å². The maximum atomic E-state index is 12.0.